The summed E-state index contributed by atoms with van der Waals surface area (Å²) in [6.07, 6.45) is 5.18. The van der Waals surface area contributed by atoms with Crippen LogP contribution >= 0.6 is 0 Å². The van der Waals surface area contributed by atoms with Crippen LogP contribution < -0.4 is 10.2 Å². The third-order valence-electron chi connectivity index (χ3n) is 2.36. The van der Waals surface area contributed by atoms with Crippen LogP contribution in [0.25, 0.3) is 5.57 Å². The molecule has 0 fully saturated rings. The Kier molecular flexibility index (Phi) is 4.76. The van der Waals surface area contributed by atoms with Crippen LogP contribution in [0.15, 0.2) is 49.6 Å². The molecule has 2 N–H and O–H groups in total. The van der Waals surface area contributed by atoms with Crippen molar-refractivity contribution in [3.8, 4) is 5.75 Å². The second-order valence-corrected chi connectivity index (χ2v) is 3.39. The lowest BCUT2D eigenvalue weighted by Crippen LogP contribution is -2.31. The Morgan fingerprint density at radius 1 is 1.35 bits per heavy atom. The fraction of sp³-hybridized carbons (Fsp3) is 0.0769. The van der Waals surface area contributed by atoms with Crippen LogP contribution in [0.5, 0.6) is 5.75 Å². The van der Waals surface area contributed by atoms with Crippen LogP contribution in [-0.2, 0) is 0 Å². The molecule has 0 spiro atoms. The molecular weight excluding hydrogens is 215 g/mol. The van der Waals surface area contributed by atoms with Crippen molar-refractivity contribution in [2.75, 3.05) is 7.11 Å². The summed E-state index contributed by atoms with van der Waals surface area (Å²) < 4.78 is 5.11. The number of ether oxygens (including phenoxy) is 1. The van der Waals surface area contributed by atoms with Crippen LogP contribution in [0.4, 0.5) is 0 Å². The molecule has 0 amide bonds. The van der Waals surface area contributed by atoms with Gasteiger partial charge in [0, 0.05) is 5.46 Å². The van der Waals surface area contributed by atoms with Gasteiger partial charge in [-0.2, -0.15) is 0 Å². The van der Waals surface area contributed by atoms with Crippen molar-refractivity contribution in [3.05, 3.63) is 55.1 Å². The molecule has 88 valence electrons. The number of allylic oxidation sites excluding steroid dienone is 4. The first-order valence-electron chi connectivity index (χ1n) is 5.13. The van der Waals surface area contributed by atoms with E-state index in [4.69, 9.17) is 14.8 Å². The van der Waals surface area contributed by atoms with Gasteiger partial charge in [-0.1, -0.05) is 43.5 Å². The molecule has 0 heterocycles. The van der Waals surface area contributed by atoms with E-state index in [2.05, 4.69) is 13.2 Å². The van der Waals surface area contributed by atoms with Crippen LogP contribution in [-0.4, -0.2) is 24.3 Å². The Morgan fingerprint density at radius 2 is 2.06 bits per heavy atom. The van der Waals surface area contributed by atoms with Crippen molar-refractivity contribution < 1.29 is 14.8 Å². The summed E-state index contributed by atoms with van der Waals surface area (Å²) in [7, 11) is -0.0648. The van der Waals surface area contributed by atoms with Gasteiger partial charge in [-0.05, 0) is 17.2 Å². The largest absolute Gasteiger partial charge is 0.497 e. The Hall–Kier alpha value is -1.78. The lowest BCUT2D eigenvalue weighted by Gasteiger charge is -2.10. The van der Waals surface area contributed by atoms with Gasteiger partial charge in [0.15, 0.2) is 0 Å². The van der Waals surface area contributed by atoms with E-state index in [0.29, 0.717) is 11.2 Å². The molecule has 0 saturated carbocycles. The Labute approximate surface area is 102 Å². The molecule has 1 rings (SSSR count). The van der Waals surface area contributed by atoms with Crippen molar-refractivity contribution in [1.82, 2.24) is 0 Å². The summed E-state index contributed by atoms with van der Waals surface area (Å²) in [6.45, 7) is 7.34. The molecule has 0 atom stereocenters. The highest BCUT2D eigenvalue weighted by molar-refractivity contribution is 6.59. The van der Waals surface area contributed by atoms with Gasteiger partial charge in [-0.25, -0.2) is 0 Å². The van der Waals surface area contributed by atoms with E-state index in [1.54, 1.807) is 30.4 Å². The summed E-state index contributed by atoms with van der Waals surface area (Å²) in [4.78, 5) is 0. The van der Waals surface area contributed by atoms with E-state index in [1.165, 1.54) is 7.11 Å². The number of methoxy groups -OCH3 is 1. The first kappa shape index (κ1) is 13.3. The smallest absolute Gasteiger partial charge is 0.492 e. The highest BCUT2D eigenvalue weighted by Gasteiger charge is 2.17. The second-order valence-electron chi connectivity index (χ2n) is 3.39. The molecule has 0 unspecified atom stereocenters. The fourth-order valence-corrected chi connectivity index (χ4v) is 1.51. The molecule has 0 radical (unpaired) electrons. The molecule has 1 aromatic carbocycles. The normalized spacial score (nSPS) is 10.9. The summed E-state index contributed by atoms with van der Waals surface area (Å²) in [5.74, 6) is 0.425. The number of hydrogen-bond acceptors (Lipinski definition) is 3. The van der Waals surface area contributed by atoms with Gasteiger partial charge in [0.1, 0.15) is 5.75 Å². The van der Waals surface area contributed by atoms with E-state index < -0.39 is 7.12 Å². The number of benzene rings is 1. The van der Waals surface area contributed by atoms with Gasteiger partial charge >= 0.3 is 7.12 Å². The Morgan fingerprint density at radius 3 is 2.53 bits per heavy atom. The average Bonchev–Trinajstić information content (AvgIpc) is 2.34. The zero-order valence-corrected chi connectivity index (χ0v) is 9.76. The fourth-order valence-electron chi connectivity index (χ4n) is 1.51. The predicted molar refractivity (Wildman–Crippen MR) is 71.2 cm³/mol. The highest BCUT2D eigenvalue weighted by atomic mass is 16.5. The zero-order chi connectivity index (χ0) is 12.8. The van der Waals surface area contributed by atoms with Gasteiger partial charge in [0.25, 0.3) is 0 Å². The Bertz CT molecular complexity index is 450. The first-order valence-corrected chi connectivity index (χ1v) is 5.13. The summed E-state index contributed by atoms with van der Waals surface area (Å²) in [5.41, 5.74) is 2.09. The topological polar surface area (TPSA) is 49.7 Å². The molecule has 0 aliphatic heterocycles. The standard InChI is InChI=1S/C13H15BO3/c1-4-6-10(5-2)11-7-8-12(14(15)16)13(9-11)17-3/h4-9,15-16H,1-2H2,3H3/b10-6+. The van der Waals surface area contributed by atoms with Crippen LogP contribution in [0.2, 0.25) is 0 Å². The first-order chi connectivity index (χ1) is 8.13. The van der Waals surface area contributed by atoms with Crippen molar-refractivity contribution >= 4 is 18.2 Å². The SMILES string of the molecule is C=C/C=C(\C=C)c1ccc(B(O)O)c(OC)c1. The maximum atomic E-state index is 9.15. The lowest BCUT2D eigenvalue weighted by atomic mass is 9.79. The van der Waals surface area contributed by atoms with Gasteiger partial charge in [0.05, 0.1) is 7.11 Å². The van der Waals surface area contributed by atoms with Crippen molar-refractivity contribution in [2.24, 2.45) is 0 Å². The van der Waals surface area contributed by atoms with Crippen molar-refractivity contribution in [2.45, 2.75) is 0 Å². The van der Waals surface area contributed by atoms with Crippen LogP contribution in [0.1, 0.15) is 5.56 Å². The van der Waals surface area contributed by atoms with E-state index in [1.807, 2.05) is 6.08 Å². The monoisotopic (exact) mass is 230 g/mol. The van der Waals surface area contributed by atoms with E-state index >= 15 is 0 Å². The maximum Gasteiger partial charge on any atom is 0.492 e. The van der Waals surface area contributed by atoms with Crippen molar-refractivity contribution in [1.29, 1.82) is 0 Å². The molecule has 0 saturated heterocycles. The zero-order valence-electron chi connectivity index (χ0n) is 9.76. The molecule has 0 aromatic heterocycles. The van der Waals surface area contributed by atoms with E-state index in [0.717, 1.165) is 11.1 Å². The summed E-state index contributed by atoms with van der Waals surface area (Å²) in [6, 6.07) is 5.11. The average molecular weight is 230 g/mol. The summed E-state index contributed by atoms with van der Waals surface area (Å²) in [5, 5.41) is 18.3. The molecule has 3 nitrogen and oxygen atoms in total. The van der Waals surface area contributed by atoms with Crippen LogP contribution in [0, 0.1) is 0 Å². The minimum Gasteiger partial charge on any atom is -0.497 e. The van der Waals surface area contributed by atoms with E-state index in [9.17, 15) is 0 Å². The Balaban J connectivity index is 3.25. The summed E-state index contributed by atoms with van der Waals surface area (Å²) >= 11 is 0. The minimum absolute atomic E-state index is 0.332. The van der Waals surface area contributed by atoms with Crippen LogP contribution in [0.3, 0.4) is 0 Å². The molecular formula is C13H15BO3. The van der Waals surface area contributed by atoms with Gasteiger partial charge in [-0.3, -0.25) is 0 Å². The molecule has 0 bridgehead atoms. The molecule has 0 aliphatic rings. The number of hydrogen-bond donors (Lipinski definition) is 2. The molecule has 4 heteroatoms. The third-order valence-corrected chi connectivity index (χ3v) is 2.36. The molecule has 1 aromatic rings. The second kappa shape index (κ2) is 6.08. The lowest BCUT2D eigenvalue weighted by molar-refractivity contribution is 0.403. The minimum atomic E-state index is -1.55. The number of rotatable bonds is 5. The maximum absolute atomic E-state index is 9.15. The third kappa shape index (κ3) is 3.09. The highest BCUT2D eigenvalue weighted by Crippen LogP contribution is 2.19. The predicted octanol–water partition coefficient (Wildman–Crippen LogP) is 1.13. The van der Waals surface area contributed by atoms with Gasteiger partial charge in [0.2, 0.25) is 0 Å². The van der Waals surface area contributed by atoms with Gasteiger partial charge < -0.3 is 14.8 Å². The van der Waals surface area contributed by atoms with E-state index in [-0.39, 0.29) is 0 Å². The van der Waals surface area contributed by atoms with Crippen molar-refractivity contribution in [3.63, 3.8) is 0 Å². The van der Waals surface area contributed by atoms with Gasteiger partial charge in [-0.15, -0.1) is 0 Å². The molecule has 0 aliphatic carbocycles. The molecule has 17 heavy (non-hydrogen) atoms. The quantitative estimate of drug-likeness (QED) is 0.588.